The maximum absolute atomic E-state index is 11.7. The van der Waals surface area contributed by atoms with Crippen molar-refractivity contribution in [3.05, 3.63) is 50.3 Å². The van der Waals surface area contributed by atoms with E-state index < -0.39 is 11.4 Å². The molecule has 18 heavy (non-hydrogen) atoms. The fraction of sp³-hybridized carbons (Fsp3) is 0.100. The Morgan fingerprint density at radius 2 is 1.89 bits per heavy atom. The minimum absolute atomic E-state index is 0. The molecule has 0 aliphatic rings. The molecule has 0 saturated heterocycles. The van der Waals surface area contributed by atoms with Crippen molar-refractivity contribution in [2.24, 2.45) is 0 Å². The summed E-state index contributed by atoms with van der Waals surface area (Å²) in [6.07, 6.45) is 1.73. The number of halogens is 1. The number of aromatic amines is 1. The molecule has 0 aliphatic heterocycles. The van der Waals surface area contributed by atoms with Crippen molar-refractivity contribution in [2.75, 3.05) is 6.26 Å². The van der Waals surface area contributed by atoms with E-state index in [1.54, 1.807) is 30.5 Å². The number of H-pyrrole nitrogens is 1. The van der Waals surface area contributed by atoms with Gasteiger partial charge in [0.05, 0.1) is 5.69 Å². The summed E-state index contributed by atoms with van der Waals surface area (Å²) in [5.41, 5.74) is -0.696. The predicted octanol–water partition coefficient (Wildman–Crippen LogP) is -1.70. The van der Waals surface area contributed by atoms with Gasteiger partial charge in [-0.2, -0.15) is 4.98 Å². The van der Waals surface area contributed by atoms with Gasteiger partial charge in [-0.1, -0.05) is 23.4 Å². The number of thioether (sulfide) groups is 1. The van der Waals surface area contributed by atoms with Crippen molar-refractivity contribution in [2.45, 2.75) is 5.16 Å². The summed E-state index contributed by atoms with van der Waals surface area (Å²) in [5.74, 6) is 0. The molecule has 0 spiro atoms. The van der Waals surface area contributed by atoms with E-state index in [9.17, 15) is 9.59 Å². The first-order chi connectivity index (χ1) is 8.11. The molecule has 0 unspecified atom stereocenters. The summed E-state index contributed by atoms with van der Waals surface area (Å²) in [5, 5.41) is 0.831. The van der Waals surface area contributed by atoms with Crippen LogP contribution in [0.25, 0.3) is 5.69 Å². The van der Waals surface area contributed by atoms with Crippen molar-refractivity contribution < 1.29 is 29.6 Å². The van der Waals surface area contributed by atoms with Gasteiger partial charge in [0.2, 0.25) is 0 Å². The summed E-state index contributed by atoms with van der Waals surface area (Å²) in [6.45, 7) is 0. The predicted molar refractivity (Wildman–Crippen MR) is 67.2 cm³/mol. The van der Waals surface area contributed by atoms with E-state index in [4.69, 9.17) is 11.6 Å². The number of hydrogen-bond donors (Lipinski definition) is 1. The Morgan fingerprint density at radius 1 is 1.28 bits per heavy atom. The van der Waals surface area contributed by atoms with Gasteiger partial charge in [-0.3, -0.25) is 4.98 Å². The maximum Gasteiger partial charge on any atom is 1.00 e. The van der Waals surface area contributed by atoms with E-state index in [1.165, 1.54) is 11.8 Å². The average molecular weight is 293 g/mol. The van der Waals surface area contributed by atoms with Crippen molar-refractivity contribution in [1.29, 1.82) is 0 Å². The van der Waals surface area contributed by atoms with Crippen molar-refractivity contribution >= 4 is 23.4 Å². The zero-order chi connectivity index (χ0) is 12.4. The fourth-order valence-electron chi connectivity index (χ4n) is 1.31. The molecule has 0 saturated carbocycles. The number of nitrogens with one attached hydrogen (secondary N) is 1. The quantitative estimate of drug-likeness (QED) is 0.529. The van der Waals surface area contributed by atoms with E-state index in [0.29, 0.717) is 15.9 Å². The first-order valence-electron chi connectivity index (χ1n) is 4.65. The first kappa shape index (κ1) is 15.5. The van der Waals surface area contributed by atoms with Crippen LogP contribution in [0.4, 0.5) is 0 Å². The standard InChI is InChI=1S/C10H8ClN3O2S.Na/c1-17-8-12-9(15)14(10(16)13-8)7-4-2-6(11)3-5-7;/h2-5H,1H3,(H,12,13,15,16);/q;+1. The van der Waals surface area contributed by atoms with Gasteiger partial charge in [-0.15, -0.1) is 0 Å². The number of aromatic nitrogens is 3. The second-order valence-corrected chi connectivity index (χ2v) is 4.38. The van der Waals surface area contributed by atoms with Crippen LogP contribution < -0.4 is 40.9 Å². The summed E-state index contributed by atoms with van der Waals surface area (Å²) in [6, 6.07) is 6.37. The maximum atomic E-state index is 11.7. The third kappa shape index (κ3) is 3.27. The molecule has 2 aromatic rings. The largest absolute Gasteiger partial charge is 1.00 e. The summed E-state index contributed by atoms with van der Waals surface area (Å²) >= 11 is 6.94. The zero-order valence-corrected chi connectivity index (χ0v) is 13.4. The summed E-state index contributed by atoms with van der Waals surface area (Å²) in [7, 11) is 0. The first-order valence-corrected chi connectivity index (χ1v) is 6.25. The van der Waals surface area contributed by atoms with Crippen molar-refractivity contribution in [3.8, 4) is 5.69 Å². The van der Waals surface area contributed by atoms with Crippen LogP contribution in [0.15, 0.2) is 39.0 Å². The molecule has 88 valence electrons. The summed E-state index contributed by atoms with van der Waals surface area (Å²) in [4.78, 5) is 29.7. The summed E-state index contributed by atoms with van der Waals surface area (Å²) < 4.78 is 0.954. The van der Waals surface area contributed by atoms with Crippen LogP contribution in [0.3, 0.4) is 0 Å². The van der Waals surface area contributed by atoms with E-state index in [1.807, 2.05) is 0 Å². The Kier molecular flexibility index (Phi) is 5.68. The van der Waals surface area contributed by atoms with E-state index >= 15 is 0 Å². The van der Waals surface area contributed by atoms with Gasteiger partial charge in [0.25, 0.3) is 0 Å². The van der Waals surface area contributed by atoms with E-state index in [0.717, 1.165) is 4.57 Å². The Morgan fingerprint density at radius 3 is 2.39 bits per heavy atom. The molecule has 1 aromatic heterocycles. The Hall–Kier alpha value is -0.530. The molecular formula is C10H8ClN3NaO2S+. The molecule has 1 heterocycles. The van der Waals surface area contributed by atoms with Crippen LogP contribution in [0.1, 0.15) is 0 Å². The van der Waals surface area contributed by atoms with E-state index in [2.05, 4.69) is 9.97 Å². The van der Waals surface area contributed by atoms with Gasteiger partial charge >= 0.3 is 40.9 Å². The van der Waals surface area contributed by atoms with Gasteiger partial charge in [0, 0.05) is 5.02 Å². The van der Waals surface area contributed by atoms with Crippen LogP contribution in [-0.4, -0.2) is 20.8 Å². The van der Waals surface area contributed by atoms with Crippen molar-refractivity contribution in [3.63, 3.8) is 0 Å². The van der Waals surface area contributed by atoms with Crippen LogP contribution in [0.5, 0.6) is 0 Å². The third-order valence-corrected chi connectivity index (χ3v) is 2.92. The molecule has 0 atom stereocenters. The molecule has 0 amide bonds. The van der Waals surface area contributed by atoms with Gasteiger partial charge in [0.15, 0.2) is 5.16 Å². The molecule has 0 fully saturated rings. The van der Waals surface area contributed by atoms with Crippen LogP contribution in [-0.2, 0) is 0 Å². The molecule has 0 aliphatic carbocycles. The van der Waals surface area contributed by atoms with Gasteiger partial charge < -0.3 is 0 Å². The second-order valence-electron chi connectivity index (χ2n) is 3.15. The normalized spacial score (nSPS) is 9.89. The molecule has 5 nitrogen and oxygen atoms in total. The third-order valence-electron chi connectivity index (χ3n) is 2.08. The number of benzene rings is 1. The van der Waals surface area contributed by atoms with Gasteiger partial charge in [0.1, 0.15) is 0 Å². The Labute approximate surface area is 134 Å². The van der Waals surface area contributed by atoms with Crippen LogP contribution >= 0.6 is 23.4 Å². The van der Waals surface area contributed by atoms with Gasteiger partial charge in [-0.05, 0) is 30.5 Å². The molecule has 2 rings (SSSR count). The second kappa shape index (κ2) is 6.58. The average Bonchev–Trinajstić information content (AvgIpc) is 2.30. The Balaban J connectivity index is 0.00000162. The topological polar surface area (TPSA) is 67.8 Å². The minimum atomic E-state index is -0.611. The molecular weight excluding hydrogens is 285 g/mol. The fourth-order valence-corrected chi connectivity index (χ4v) is 1.80. The van der Waals surface area contributed by atoms with Crippen LogP contribution in [0, 0.1) is 0 Å². The molecule has 0 radical (unpaired) electrons. The minimum Gasteiger partial charge on any atom is -0.286 e. The van der Waals surface area contributed by atoms with E-state index in [-0.39, 0.29) is 29.6 Å². The monoisotopic (exact) mass is 292 g/mol. The number of hydrogen-bond acceptors (Lipinski definition) is 4. The van der Waals surface area contributed by atoms with Gasteiger partial charge in [-0.25, -0.2) is 14.2 Å². The Bertz CT molecular complexity index is 622. The van der Waals surface area contributed by atoms with Crippen LogP contribution in [0.2, 0.25) is 5.02 Å². The molecule has 0 bridgehead atoms. The number of rotatable bonds is 2. The smallest absolute Gasteiger partial charge is 0.286 e. The molecule has 8 heteroatoms. The molecule has 1 N–H and O–H groups in total. The SMILES string of the molecule is CSc1nc(=O)n(-c2ccc(Cl)cc2)c(=O)[nH]1.[Na+]. The van der Waals surface area contributed by atoms with Crippen molar-refractivity contribution in [1.82, 2.24) is 14.5 Å². The zero-order valence-electron chi connectivity index (χ0n) is 9.81. The number of nitrogens with zero attached hydrogens (tertiary/aromatic N) is 2. The molecule has 1 aromatic carbocycles.